The Morgan fingerprint density at radius 1 is 0.838 bits per heavy atom. The maximum atomic E-state index is 13.2. The summed E-state index contributed by atoms with van der Waals surface area (Å²) >= 11 is 0. The maximum absolute atomic E-state index is 13.2. The number of carbonyl (C=O) groups is 2. The second kappa shape index (κ2) is 11.2. The highest BCUT2D eigenvalue weighted by Gasteiger charge is 2.40. The molecule has 196 valence electrons. The summed E-state index contributed by atoms with van der Waals surface area (Å²) in [5.41, 5.74) is 2.99. The Bertz CT molecular complexity index is 1270. The first-order valence-corrected chi connectivity index (χ1v) is 12.9. The van der Waals surface area contributed by atoms with Gasteiger partial charge in [-0.1, -0.05) is 37.3 Å². The number of benzene rings is 3. The van der Waals surface area contributed by atoms with Gasteiger partial charge < -0.3 is 19.5 Å². The van der Waals surface area contributed by atoms with E-state index in [1.165, 1.54) is 0 Å². The molecule has 6 nitrogen and oxygen atoms in total. The standard InChI is InChI=1S/C31H37NO5/c1-18(2)32-31(34)26-12-11-25(19(26)3)27(33)14-20-7-8-22-15-23(10-9-21(22)13-20)24-16-28(35-4)30(37-6)29(17-24)36-5/h7-10,13,15-19,25-26H,11-12,14H2,1-6H3,(H,32,34). The van der Waals surface area contributed by atoms with Crippen molar-refractivity contribution in [2.24, 2.45) is 17.8 Å². The van der Waals surface area contributed by atoms with Crippen molar-refractivity contribution in [3.05, 3.63) is 54.1 Å². The molecule has 0 saturated heterocycles. The van der Waals surface area contributed by atoms with Crippen molar-refractivity contribution in [1.29, 1.82) is 0 Å². The van der Waals surface area contributed by atoms with Gasteiger partial charge in [-0.2, -0.15) is 0 Å². The van der Waals surface area contributed by atoms with Crippen molar-refractivity contribution >= 4 is 22.5 Å². The minimum Gasteiger partial charge on any atom is -0.493 e. The molecular formula is C31H37NO5. The number of hydrogen-bond donors (Lipinski definition) is 1. The Kier molecular flexibility index (Phi) is 8.06. The van der Waals surface area contributed by atoms with E-state index in [-0.39, 0.29) is 35.5 Å². The lowest BCUT2D eigenvalue weighted by Crippen LogP contribution is -2.37. The van der Waals surface area contributed by atoms with Crippen molar-refractivity contribution in [3.63, 3.8) is 0 Å². The lowest BCUT2D eigenvalue weighted by Gasteiger charge is -2.21. The second-order valence-electron chi connectivity index (χ2n) is 10.3. The van der Waals surface area contributed by atoms with Crippen LogP contribution in [-0.4, -0.2) is 39.1 Å². The lowest BCUT2D eigenvalue weighted by atomic mass is 9.85. The highest BCUT2D eigenvalue weighted by atomic mass is 16.5. The number of methoxy groups -OCH3 is 3. The number of carbonyl (C=O) groups excluding carboxylic acids is 2. The van der Waals surface area contributed by atoms with E-state index in [9.17, 15) is 9.59 Å². The maximum Gasteiger partial charge on any atom is 0.223 e. The minimum absolute atomic E-state index is 0.0627. The van der Waals surface area contributed by atoms with Crippen LogP contribution in [0.4, 0.5) is 0 Å². The molecule has 37 heavy (non-hydrogen) atoms. The predicted molar refractivity (Wildman–Crippen MR) is 146 cm³/mol. The number of amides is 1. The molecule has 1 N–H and O–H groups in total. The molecule has 0 bridgehead atoms. The van der Waals surface area contributed by atoms with E-state index in [4.69, 9.17) is 14.2 Å². The summed E-state index contributed by atoms with van der Waals surface area (Å²) in [4.78, 5) is 25.7. The molecule has 0 radical (unpaired) electrons. The van der Waals surface area contributed by atoms with Gasteiger partial charge in [0.1, 0.15) is 5.78 Å². The highest BCUT2D eigenvalue weighted by Crippen LogP contribution is 2.42. The monoisotopic (exact) mass is 503 g/mol. The van der Waals surface area contributed by atoms with Gasteiger partial charge in [-0.25, -0.2) is 0 Å². The van der Waals surface area contributed by atoms with Gasteiger partial charge in [0.2, 0.25) is 11.7 Å². The number of ketones is 1. The zero-order valence-electron chi connectivity index (χ0n) is 22.6. The molecule has 3 unspecified atom stereocenters. The summed E-state index contributed by atoms with van der Waals surface area (Å²) in [5.74, 6) is 1.99. The molecule has 6 heteroatoms. The third-order valence-corrected chi connectivity index (χ3v) is 7.52. The van der Waals surface area contributed by atoms with E-state index >= 15 is 0 Å². The van der Waals surface area contributed by atoms with Gasteiger partial charge in [0.15, 0.2) is 11.5 Å². The molecule has 4 rings (SSSR count). The molecule has 1 aliphatic rings. The Balaban J connectivity index is 1.51. The highest BCUT2D eigenvalue weighted by molar-refractivity contribution is 5.91. The van der Waals surface area contributed by atoms with Crippen molar-refractivity contribution < 1.29 is 23.8 Å². The molecule has 0 spiro atoms. The fourth-order valence-electron chi connectivity index (χ4n) is 5.55. The molecule has 0 aliphatic heterocycles. The number of rotatable bonds is 9. The van der Waals surface area contributed by atoms with Crippen LogP contribution in [0.5, 0.6) is 17.2 Å². The summed E-state index contributed by atoms with van der Waals surface area (Å²) in [6, 6.07) is 16.4. The smallest absolute Gasteiger partial charge is 0.223 e. The van der Waals surface area contributed by atoms with Crippen LogP contribution >= 0.6 is 0 Å². The lowest BCUT2D eigenvalue weighted by molar-refractivity contribution is -0.127. The normalized spacial score (nSPS) is 19.2. The fourth-order valence-corrected chi connectivity index (χ4v) is 5.55. The van der Waals surface area contributed by atoms with E-state index in [0.717, 1.165) is 40.3 Å². The van der Waals surface area contributed by atoms with Crippen LogP contribution in [0.2, 0.25) is 0 Å². The van der Waals surface area contributed by atoms with Crippen LogP contribution in [0.3, 0.4) is 0 Å². The van der Waals surface area contributed by atoms with E-state index in [1.807, 2.05) is 39.0 Å². The van der Waals surface area contributed by atoms with Crippen molar-refractivity contribution in [2.75, 3.05) is 21.3 Å². The number of Topliss-reactive ketones (excluding diaryl/α,β-unsaturated/α-hetero) is 1. The summed E-state index contributed by atoms with van der Waals surface area (Å²) in [6.07, 6.45) is 1.94. The van der Waals surface area contributed by atoms with Gasteiger partial charge in [0.25, 0.3) is 0 Å². The molecule has 1 aliphatic carbocycles. The van der Waals surface area contributed by atoms with Crippen molar-refractivity contribution in [3.8, 4) is 28.4 Å². The van der Waals surface area contributed by atoms with Gasteiger partial charge in [-0.05, 0) is 78.3 Å². The first-order valence-electron chi connectivity index (χ1n) is 12.9. The predicted octanol–water partition coefficient (Wildman–Crippen LogP) is 5.83. The molecule has 3 aromatic carbocycles. The minimum atomic E-state index is -0.0819. The van der Waals surface area contributed by atoms with Crippen LogP contribution in [0.25, 0.3) is 21.9 Å². The molecule has 3 aromatic rings. The van der Waals surface area contributed by atoms with Crippen LogP contribution in [0.1, 0.15) is 39.2 Å². The zero-order chi connectivity index (χ0) is 26.7. The molecule has 0 heterocycles. The fraction of sp³-hybridized carbons (Fsp3) is 0.419. The Morgan fingerprint density at radius 2 is 1.46 bits per heavy atom. The van der Waals surface area contributed by atoms with Gasteiger partial charge >= 0.3 is 0 Å². The second-order valence-corrected chi connectivity index (χ2v) is 10.3. The molecule has 0 aromatic heterocycles. The van der Waals surface area contributed by atoms with Crippen LogP contribution in [0, 0.1) is 17.8 Å². The molecular weight excluding hydrogens is 466 g/mol. The van der Waals surface area contributed by atoms with Gasteiger partial charge in [-0.3, -0.25) is 9.59 Å². The molecule has 3 atom stereocenters. The van der Waals surface area contributed by atoms with E-state index in [2.05, 4.69) is 35.6 Å². The van der Waals surface area contributed by atoms with Crippen molar-refractivity contribution in [1.82, 2.24) is 5.32 Å². The van der Waals surface area contributed by atoms with E-state index < -0.39 is 0 Å². The quantitative estimate of drug-likeness (QED) is 0.398. The average molecular weight is 504 g/mol. The Morgan fingerprint density at radius 3 is 2.08 bits per heavy atom. The zero-order valence-corrected chi connectivity index (χ0v) is 22.6. The summed E-state index contributed by atoms with van der Waals surface area (Å²) in [5, 5.41) is 5.17. The Hall–Kier alpha value is -3.54. The van der Waals surface area contributed by atoms with Crippen LogP contribution in [0.15, 0.2) is 48.5 Å². The van der Waals surface area contributed by atoms with E-state index in [1.54, 1.807) is 21.3 Å². The Labute approximate surface area is 219 Å². The summed E-state index contributed by atoms with van der Waals surface area (Å²) in [7, 11) is 4.81. The molecule has 1 amide bonds. The molecule has 1 fully saturated rings. The SMILES string of the molecule is COc1cc(-c2ccc3cc(CC(=O)C4CCC(C(=O)NC(C)C)C4C)ccc3c2)cc(OC)c1OC. The average Bonchev–Trinajstić information content (AvgIpc) is 3.28. The van der Waals surface area contributed by atoms with Gasteiger partial charge in [0.05, 0.1) is 21.3 Å². The van der Waals surface area contributed by atoms with Crippen LogP contribution in [-0.2, 0) is 16.0 Å². The number of fused-ring (bicyclic) bond motifs is 1. The third kappa shape index (κ3) is 5.58. The molecule has 1 saturated carbocycles. The largest absolute Gasteiger partial charge is 0.493 e. The topological polar surface area (TPSA) is 73.9 Å². The van der Waals surface area contributed by atoms with Crippen LogP contribution < -0.4 is 19.5 Å². The number of hydrogen-bond acceptors (Lipinski definition) is 5. The number of nitrogens with one attached hydrogen (secondary N) is 1. The van der Waals surface area contributed by atoms with Gasteiger partial charge in [0, 0.05) is 24.3 Å². The first kappa shape index (κ1) is 26.5. The van der Waals surface area contributed by atoms with Crippen molar-refractivity contribution in [2.45, 2.75) is 46.1 Å². The summed E-state index contributed by atoms with van der Waals surface area (Å²) < 4.78 is 16.5. The number of ether oxygens (including phenoxy) is 3. The summed E-state index contributed by atoms with van der Waals surface area (Å²) in [6.45, 7) is 5.98. The third-order valence-electron chi connectivity index (χ3n) is 7.52. The van der Waals surface area contributed by atoms with E-state index in [0.29, 0.717) is 23.7 Å². The van der Waals surface area contributed by atoms with Gasteiger partial charge in [-0.15, -0.1) is 0 Å². The first-order chi connectivity index (χ1) is 17.7.